The summed E-state index contributed by atoms with van der Waals surface area (Å²) < 4.78 is 0. The van der Waals surface area contributed by atoms with Crippen molar-refractivity contribution in [1.29, 1.82) is 0 Å². The maximum Gasteiger partial charge on any atom is 0.329 e. The lowest BCUT2D eigenvalue weighted by Gasteiger charge is -2.37. The number of piperidine rings is 1. The van der Waals surface area contributed by atoms with Crippen LogP contribution < -0.4 is 5.32 Å². The molecule has 0 aliphatic carbocycles. The Bertz CT molecular complexity index is 346. The predicted molar refractivity (Wildman–Crippen MR) is 77.8 cm³/mol. The number of carboxylic acid groups (broad SMARTS) is 1. The van der Waals surface area contributed by atoms with Gasteiger partial charge < -0.3 is 20.2 Å². The quantitative estimate of drug-likeness (QED) is 0.800. The molecule has 0 atom stereocenters. The average Bonchev–Trinajstić information content (AvgIpc) is 2.44. The van der Waals surface area contributed by atoms with Crippen LogP contribution in [0.4, 0.5) is 4.79 Å². The number of urea groups is 1. The molecule has 0 unspecified atom stereocenters. The molecule has 20 heavy (non-hydrogen) atoms. The Kier molecular flexibility index (Phi) is 5.80. The highest BCUT2D eigenvalue weighted by Crippen LogP contribution is 2.18. The molecule has 1 heterocycles. The van der Waals surface area contributed by atoms with E-state index in [1.165, 1.54) is 0 Å². The third-order valence-corrected chi connectivity index (χ3v) is 4.44. The number of nitrogens with one attached hydrogen (secondary N) is 1. The summed E-state index contributed by atoms with van der Waals surface area (Å²) in [7, 11) is 4.09. The lowest BCUT2D eigenvalue weighted by molar-refractivity contribution is -0.144. The summed E-state index contributed by atoms with van der Waals surface area (Å²) in [5.74, 6) is -0.959. The number of carbonyl (C=O) groups excluding carboxylic acids is 1. The number of hydrogen-bond acceptors (Lipinski definition) is 3. The van der Waals surface area contributed by atoms with E-state index in [1.54, 1.807) is 18.7 Å². The number of carbonyl (C=O) groups is 2. The first kappa shape index (κ1) is 16.8. The van der Waals surface area contributed by atoms with E-state index < -0.39 is 11.5 Å². The Labute approximate surface area is 121 Å². The molecule has 0 spiro atoms. The zero-order valence-corrected chi connectivity index (χ0v) is 13.0. The number of nitrogens with zero attached hydrogens (tertiary/aromatic N) is 2. The minimum Gasteiger partial charge on any atom is -0.480 e. The summed E-state index contributed by atoms with van der Waals surface area (Å²) in [6.07, 6.45) is 2.63. The van der Waals surface area contributed by atoms with E-state index >= 15 is 0 Å². The van der Waals surface area contributed by atoms with Crippen molar-refractivity contribution in [1.82, 2.24) is 15.1 Å². The number of likely N-dealkylation sites (tertiary alicyclic amines) is 1. The van der Waals surface area contributed by atoms with Gasteiger partial charge in [-0.05, 0) is 39.8 Å². The van der Waals surface area contributed by atoms with Crippen molar-refractivity contribution < 1.29 is 14.7 Å². The van der Waals surface area contributed by atoms with Crippen LogP contribution in [0.3, 0.4) is 0 Å². The molecule has 1 aliphatic rings. The van der Waals surface area contributed by atoms with Crippen LogP contribution in [-0.2, 0) is 4.79 Å². The van der Waals surface area contributed by atoms with Crippen LogP contribution in [-0.4, -0.2) is 65.7 Å². The van der Waals surface area contributed by atoms with Gasteiger partial charge in [0.25, 0.3) is 0 Å². The van der Waals surface area contributed by atoms with E-state index in [2.05, 4.69) is 10.2 Å². The van der Waals surface area contributed by atoms with Crippen LogP contribution in [0.1, 0.15) is 39.5 Å². The molecule has 1 fully saturated rings. The van der Waals surface area contributed by atoms with Gasteiger partial charge in [0, 0.05) is 19.1 Å². The maximum atomic E-state index is 12.3. The molecule has 1 rings (SSSR count). The molecule has 0 aromatic carbocycles. The first-order valence-electron chi connectivity index (χ1n) is 7.33. The number of rotatable bonds is 5. The Morgan fingerprint density at radius 1 is 1.25 bits per heavy atom. The second-order valence-corrected chi connectivity index (χ2v) is 5.71. The highest BCUT2D eigenvalue weighted by Gasteiger charge is 2.38. The minimum absolute atomic E-state index is 0.256. The average molecular weight is 285 g/mol. The fourth-order valence-electron chi connectivity index (χ4n) is 2.65. The molecular formula is C14H27N3O3. The Balaban J connectivity index is 2.61. The van der Waals surface area contributed by atoms with E-state index in [9.17, 15) is 14.7 Å². The second kappa shape index (κ2) is 6.92. The van der Waals surface area contributed by atoms with Crippen molar-refractivity contribution in [3.8, 4) is 0 Å². The maximum absolute atomic E-state index is 12.3. The summed E-state index contributed by atoms with van der Waals surface area (Å²) in [6, 6.07) is 0.244. The molecule has 0 saturated carbocycles. The highest BCUT2D eigenvalue weighted by atomic mass is 16.4. The molecule has 6 nitrogen and oxygen atoms in total. The normalized spacial score (nSPS) is 17.4. The topological polar surface area (TPSA) is 72.9 Å². The van der Waals surface area contributed by atoms with Gasteiger partial charge >= 0.3 is 12.0 Å². The van der Waals surface area contributed by atoms with Crippen molar-refractivity contribution >= 4 is 12.0 Å². The molecule has 0 bridgehead atoms. The van der Waals surface area contributed by atoms with E-state index in [0.29, 0.717) is 32.0 Å². The van der Waals surface area contributed by atoms with E-state index in [1.807, 2.05) is 14.1 Å². The fraction of sp³-hybridized carbons (Fsp3) is 0.857. The smallest absolute Gasteiger partial charge is 0.329 e. The fourth-order valence-corrected chi connectivity index (χ4v) is 2.65. The Morgan fingerprint density at radius 3 is 2.10 bits per heavy atom. The SMILES string of the molecule is CCC(CC)(NC(=O)N1CCC(N(C)C)CC1)C(=O)O. The number of aliphatic carboxylic acids is 1. The highest BCUT2D eigenvalue weighted by molar-refractivity contribution is 5.86. The van der Waals surface area contributed by atoms with Gasteiger partial charge in [0.05, 0.1) is 0 Å². The third-order valence-electron chi connectivity index (χ3n) is 4.44. The number of amides is 2. The van der Waals surface area contributed by atoms with Crippen LogP contribution in [0.15, 0.2) is 0 Å². The van der Waals surface area contributed by atoms with Crippen LogP contribution in [0, 0.1) is 0 Å². The summed E-state index contributed by atoms with van der Waals surface area (Å²) in [4.78, 5) is 27.6. The van der Waals surface area contributed by atoms with E-state index in [0.717, 1.165) is 12.8 Å². The molecule has 2 N–H and O–H groups in total. The predicted octanol–water partition coefficient (Wildman–Crippen LogP) is 1.37. The summed E-state index contributed by atoms with van der Waals surface area (Å²) in [5.41, 5.74) is -1.14. The van der Waals surface area contributed by atoms with Gasteiger partial charge in [0.1, 0.15) is 5.54 Å². The molecule has 116 valence electrons. The zero-order chi connectivity index (χ0) is 15.3. The van der Waals surface area contributed by atoms with Crippen molar-refractivity contribution in [2.45, 2.75) is 51.1 Å². The van der Waals surface area contributed by atoms with Gasteiger partial charge in [0.15, 0.2) is 0 Å². The van der Waals surface area contributed by atoms with Crippen molar-refractivity contribution in [2.24, 2.45) is 0 Å². The molecule has 2 amide bonds. The zero-order valence-electron chi connectivity index (χ0n) is 13.0. The van der Waals surface area contributed by atoms with Gasteiger partial charge in [0.2, 0.25) is 0 Å². The summed E-state index contributed by atoms with van der Waals surface area (Å²) >= 11 is 0. The Hall–Kier alpha value is -1.30. The molecule has 0 aromatic heterocycles. The lowest BCUT2D eigenvalue weighted by Crippen LogP contribution is -2.58. The molecular weight excluding hydrogens is 258 g/mol. The van der Waals surface area contributed by atoms with Crippen LogP contribution >= 0.6 is 0 Å². The van der Waals surface area contributed by atoms with Gasteiger partial charge in [-0.2, -0.15) is 0 Å². The van der Waals surface area contributed by atoms with E-state index in [-0.39, 0.29) is 6.03 Å². The molecule has 0 aromatic rings. The monoisotopic (exact) mass is 285 g/mol. The Morgan fingerprint density at radius 2 is 1.75 bits per heavy atom. The molecule has 0 radical (unpaired) electrons. The van der Waals surface area contributed by atoms with Crippen molar-refractivity contribution in [2.75, 3.05) is 27.2 Å². The summed E-state index contributed by atoms with van der Waals surface area (Å²) in [5, 5.41) is 12.1. The van der Waals surface area contributed by atoms with Crippen LogP contribution in [0.2, 0.25) is 0 Å². The molecule has 1 aliphatic heterocycles. The largest absolute Gasteiger partial charge is 0.480 e. The van der Waals surface area contributed by atoms with Gasteiger partial charge in [-0.1, -0.05) is 13.8 Å². The van der Waals surface area contributed by atoms with Crippen LogP contribution in [0.25, 0.3) is 0 Å². The van der Waals surface area contributed by atoms with Gasteiger partial charge in [-0.25, -0.2) is 9.59 Å². The van der Waals surface area contributed by atoms with Crippen molar-refractivity contribution in [3.63, 3.8) is 0 Å². The standard InChI is InChI=1S/C14H27N3O3/c1-5-14(6-2,12(18)19)15-13(20)17-9-7-11(8-10-17)16(3)4/h11H,5-10H2,1-4H3,(H,15,20)(H,18,19). The summed E-state index contributed by atoms with van der Waals surface area (Å²) in [6.45, 7) is 4.93. The third kappa shape index (κ3) is 3.62. The molecule has 1 saturated heterocycles. The van der Waals surface area contributed by atoms with Crippen LogP contribution in [0.5, 0.6) is 0 Å². The minimum atomic E-state index is -1.14. The lowest BCUT2D eigenvalue weighted by atomic mass is 9.93. The van der Waals surface area contributed by atoms with E-state index in [4.69, 9.17) is 0 Å². The number of hydrogen-bond donors (Lipinski definition) is 2. The second-order valence-electron chi connectivity index (χ2n) is 5.71. The number of carboxylic acids is 1. The molecule has 6 heteroatoms. The first-order chi connectivity index (χ1) is 9.36. The van der Waals surface area contributed by atoms with Gasteiger partial charge in [-0.3, -0.25) is 0 Å². The van der Waals surface area contributed by atoms with Gasteiger partial charge in [-0.15, -0.1) is 0 Å². The first-order valence-corrected chi connectivity index (χ1v) is 7.33. The van der Waals surface area contributed by atoms with Crippen molar-refractivity contribution in [3.05, 3.63) is 0 Å².